The SMILES string of the molecule is CC(C)[C@@H](NC(=O)OC(C)(C)C)C(=O)N1CCC[C@H]1C(=O)Nc1ccc2[nH]c(-c3ccc(NC(=O)[C@@H]4CCCN4C(=O)[C@@H](C(C)C)N(C(=O)O)C(C)(C)C)cc3)cc2c1. The Morgan fingerprint density at radius 3 is 1.81 bits per heavy atom. The second-order valence-electron chi connectivity index (χ2n) is 18.3. The minimum Gasteiger partial charge on any atom is -0.465 e. The summed E-state index contributed by atoms with van der Waals surface area (Å²) in [4.78, 5) is 87.2. The van der Waals surface area contributed by atoms with Crippen LogP contribution < -0.4 is 16.0 Å². The third kappa shape index (κ3) is 10.5. The van der Waals surface area contributed by atoms with E-state index in [2.05, 4.69) is 20.9 Å². The molecule has 2 aliphatic heterocycles. The van der Waals surface area contributed by atoms with Gasteiger partial charge in [-0.05, 0) is 121 Å². The topological polar surface area (TPSA) is 193 Å². The fourth-order valence-electron chi connectivity index (χ4n) is 7.97. The Bertz CT molecular complexity index is 2050. The molecule has 0 saturated carbocycles. The summed E-state index contributed by atoms with van der Waals surface area (Å²) in [6, 6.07) is 11.6. The van der Waals surface area contributed by atoms with E-state index in [4.69, 9.17) is 4.74 Å². The number of amides is 6. The van der Waals surface area contributed by atoms with Crippen LogP contribution in [-0.2, 0) is 23.9 Å². The molecular weight excluding hydrogens is 755 g/mol. The minimum atomic E-state index is -1.18. The van der Waals surface area contributed by atoms with E-state index in [-0.39, 0.29) is 35.5 Å². The van der Waals surface area contributed by atoms with E-state index in [1.54, 1.807) is 64.6 Å². The lowest BCUT2D eigenvalue weighted by molar-refractivity contribution is -0.144. The van der Waals surface area contributed by atoms with Crippen molar-refractivity contribution in [3.63, 3.8) is 0 Å². The Labute approximate surface area is 346 Å². The highest BCUT2D eigenvalue weighted by Crippen LogP contribution is 2.31. The van der Waals surface area contributed by atoms with Crippen LogP contribution in [-0.4, -0.2) is 109 Å². The first-order valence-electron chi connectivity index (χ1n) is 20.5. The number of carboxylic acid groups (broad SMARTS) is 1. The van der Waals surface area contributed by atoms with Gasteiger partial charge in [-0.2, -0.15) is 0 Å². The molecule has 0 aliphatic carbocycles. The van der Waals surface area contributed by atoms with Crippen molar-refractivity contribution in [1.82, 2.24) is 25.0 Å². The van der Waals surface area contributed by atoms with E-state index in [0.717, 1.165) is 22.2 Å². The number of aromatic amines is 1. The zero-order chi connectivity index (χ0) is 43.6. The molecule has 3 heterocycles. The average molecular weight is 816 g/mol. The van der Waals surface area contributed by atoms with Gasteiger partial charge in [-0.25, -0.2) is 9.59 Å². The fraction of sp³-hybridized carbons (Fsp3) is 0.545. The summed E-state index contributed by atoms with van der Waals surface area (Å²) in [5.74, 6) is -1.85. The Balaban J connectivity index is 1.23. The summed E-state index contributed by atoms with van der Waals surface area (Å²) in [6.45, 7) is 18.6. The second kappa shape index (κ2) is 17.7. The zero-order valence-electron chi connectivity index (χ0n) is 36.0. The molecule has 5 rings (SSSR count). The maximum Gasteiger partial charge on any atom is 0.408 e. The van der Waals surface area contributed by atoms with Crippen LogP contribution in [0.3, 0.4) is 0 Å². The van der Waals surface area contributed by atoms with Crippen LogP contribution in [0.25, 0.3) is 22.2 Å². The van der Waals surface area contributed by atoms with Crippen LogP contribution in [0, 0.1) is 11.8 Å². The number of carbonyl (C=O) groups is 6. The number of nitrogens with one attached hydrogen (secondary N) is 4. The molecule has 1 aromatic heterocycles. The first kappa shape index (κ1) is 44.5. The van der Waals surface area contributed by atoms with Crippen LogP contribution in [0.2, 0.25) is 0 Å². The number of H-pyrrole nitrogens is 1. The third-order valence-electron chi connectivity index (χ3n) is 10.7. The number of rotatable bonds is 11. The van der Waals surface area contributed by atoms with Gasteiger partial charge in [-0.1, -0.05) is 39.8 Å². The number of hydrogen-bond donors (Lipinski definition) is 5. The lowest BCUT2D eigenvalue weighted by Gasteiger charge is -2.42. The van der Waals surface area contributed by atoms with E-state index >= 15 is 0 Å². The molecule has 4 atom stereocenters. The predicted octanol–water partition coefficient (Wildman–Crippen LogP) is 7.05. The maximum atomic E-state index is 13.9. The summed E-state index contributed by atoms with van der Waals surface area (Å²) in [6.07, 6.45) is 0.405. The number of anilines is 2. The van der Waals surface area contributed by atoms with Crippen LogP contribution in [0.1, 0.15) is 94.9 Å². The monoisotopic (exact) mass is 815 g/mol. The van der Waals surface area contributed by atoms with Gasteiger partial charge in [0.1, 0.15) is 29.8 Å². The molecule has 2 aromatic carbocycles. The van der Waals surface area contributed by atoms with Gasteiger partial charge in [-0.15, -0.1) is 0 Å². The Morgan fingerprint density at radius 2 is 1.31 bits per heavy atom. The van der Waals surface area contributed by atoms with Crippen molar-refractivity contribution in [3.8, 4) is 11.3 Å². The lowest BCUT2D eigenvalue weighted by Crippen LogP contribution is -2.60. The number of alkyl carbamates (subject to hydrolysis) is 1. The summed E-state index contributed by atoms with van der Waals surface area (Å²) >= 11 is 0. The first-order valence-corrected chi connectivity index (χ1v) is 20.5. The van der Waals surface area contributed by atoms with Crippen LogP contribution in [0.15, 0.2) is 48.5 Å². The molecule has 2 fully saturated rings. The van der Waals surface area contributed by atoms with E-state index in [9.17, 15) is 33.9 Å². The highest BCUT2D eigenvalue weighted by molar-refractivity contribution is 6.01. The van der Waals surface area contributed by atoms with Crippen molar-refractivity contribution in [3.05, 3.63) is 48.5 Å². The van der Waals surface area contributed by atoms with Crippen molar-refractivity contribution in [2.75, 3.05) is 23.7 Å². The molecule has 0 unspecified atom stereocenters. The van der Waals surface area contributed by atoms with Crippen molar-refractivity contribution in [1.29, 1.82) is 0 Å². The zero-order valence-corrected chi connectivity index (χ0v) is 36.0. The van der Waals surface area contributed by atoms with E-state index < -0.39 is 47.5 Å². The molecular formula is C44H61N7O8. The van der Waals surface area contributed by atoms with Crippen molar-refractivity contribution in [2.24, 2.45) is 11.8 Å². The molecule has 6 amide bonds. The molecule has 0 radical (unpaired) electrons. The fourth-order valence-corrected chi connectivity index (χ4v) is 7.97. The summed E-state index contributed by atoms with van der Waals surface area (Å²) < 4.78 is 5.38. The number of carbonyl (C=O) groups excluding carboxylic acids is 5. The largest absolute Gasteiger partial charge is 0.465 e. The summed E-state index contributed by atoms with van der Waals surface area (Å²) in [7, 11) is 0. The highest BCUT2D eigenvalue weighted by atomic mass is 16.6. The molecule has 15 heteroatoms. The standard InChI is InChI=1S/C44H61N7O8/c1-25(2)35(48-41(56)59-44(8,9)10)39(54)49-21-11-13-33(49)38(53)46-30-19-20-31-28(23-30)24-32(47-31)27-15-17-29(18-16-27)45-37(52)34-14-12-22-50(34)40(55)36(26(3)4)51(42(57)58)43(5,6)7/h15-20,23-26,33-36,47H,11-14,21-22H2,1-10H3,(H,45,52)(H,46,53)(H,48,56)(H,57,58)/t33-,34-,35+,36+/m0/s1. The van der Waals surface area contributed by atoms with Gasteiger partial charge in [-0.3, -0.25) is 24.1 Å². The van der Waals surface area contributed by atoms with Crippen molar-refractivity contribution >= 4 is 58.1 Å². The minimum absolute atomic E-state index is 0.226. The number of ether oxygens (including phenoxy) is 1. The van der Waals surface area contributed by atoms with Crippen LogP contribution in [0.5, 0.6) is 0 Å². The van der Waals surface area contributed by atoms with Gasteiger partial charge in [0.05, 0.1) is 0 Å². The molecule has 15 nitrogen and oxygen atoms in total. The molecule has 320 valence electrons. The number of benzene rings is 2. The van der Waals surface area contributed by atoms with E-state index in [1.165, 1.54) is 9.80 Å². The summed E-state index contributed by atoms with van der Waals surface area (Å²) in [5.41, 5.74) is 2.12. The van der Waals surface area contributed by atoms with Gasteiger partial charge in [0.2, 0.25) is 23.6 Å². The number of nitrogens with zero attached hydrogens (tertiary/aromatic N) is 3. The molecule has 5 N–H and O–H groups in total. The number of hydrogen-bond acceptors (Lipinski definition) is 7. The summed E-state index contributed by atoms with van der Waals surface area (Å²) in [5, 5.41) is 19.5. The molecule has 3 aromatic rings. The van der Waals surface area contributed by atoms with Crippen LogP contribution >= 0.6 is 0 Å². The number of likely N-dealkylation sites (tertiary alicyclic amines) is 2. The van der Waals surface area contributed by atoms with E-state index in [0.29, 0.717) is 50.1 Å². The quantitative estimate of drug-likeness (QED) is 0.136. The van der Waals surface area contributed by atoms with Crippen molar-refractivity contribution in [2.45, 2.75) is 130 Å². The van der Waals surface area contributed by atoms with Crippen LogP contribution in [0.4, 0.5) is 21.0 Å². The number of fused-ring (bicyclic) bond motifs is 1. The predicted molar refractivity (Wildman–Crippen MR) is 227 cm³/mol. The normalized spacial score (nSPS) is 18.2. The second-order valence-corrected chi connectivity index (χ2v) is 18.3. The van der Waals surface area contributed by atoms with Gasteiger partial charge in [0.25, 0.3) is 0 Å². The van der Waals surface area contributed by atoms with Gasteiger partial charge in [0.15, 0.2) is 0 Å². The molecule has 2 aliphatic rings. The number of aromatic nitrogens is 1. The molecule has 2 saturated heterocycles. The van der Waals surface area contributed by atoms with Crippen molar-refractivity contribution < 1.29 is 38.6 Å². The van der Waals surface area contributed by atoms with Gasteiger partial charge < -0.3 is 40.6 Å². The maximum absolute atomic E-state index is 13.9. The Kier molecular flexibility index (Phi) is 13.4. The highest BCUT2D eigenvalue weighted by Gasteiger charge is 2.45. The lowest BCUT2D eigenvalue weighted by atomic mass is 9.95. The Hall–Kier alpha value is -5.60. The Morgan fingerprint density at radius 1 is 0.763 bits per heavy atom. The van der Waals surface area contributed by atoms with Gasteiger partial charge >= 0.3 is 12.2 Å². The first-order chi connectivity index (χ1) is 27.5. The van der Waals surface area contributed by atoms with E-state index in [1.807, 2.05) is 58.0 Å². The molecule has 0 spiro atoms. The molecule has 0 bridgehead atoms. The third-order valence-corrected chi connectivity index (χ3v) is 10.7. The smallest absolute Gasteiger partial charge is 0.408 e. The molecule has 59 heavy (non-hydrogen) atoms. The average Bonchev–Trinajstić information content (AvgIpc) is 3.91. The van der Waals surface area contributed by atoms with Gasteiger partial charge in [0, 0.05) is 46.6 Å².